The molecule has 1 aliphatic rings. The van der Waals surface area contributed by atoms with Gasteiger partial charge in [-0.15, -0.1) is 0 Å². The number of rotatable bonds is 2. The Kier molecular flexibility index (Phi) is 4.56. The van der Waals surface area contributed by atoms with Gasteiger partial charge in [0, 0.05) is 44.5 Å². The molecule has 0 aliphatic heterocycles. The van der Waals surface area contributed by atoms with Crippen molar-refractivity contribution in [2.24, 2.45) is 0 Å². The van der Waals surface area contributed by atoms with Crippen LogP contribution in [0.4, 0.5) is 0 Å². The second-order valence-electron chi connectivity index (χ2n) is 13.0. The van der Waals surface area contributed by atoms with Crippen LogP contribution in [0, 0.1) is 0 Å². The van der Waals surface area contributed by atoms with Crippen molar-refractivity contribution >= 4 is 54.4 Å². The van der Waals surface area contributed by atoms with Crippen LogP contribution in [-0.2, 0) is 17.4 Å². The summed E-state index contributed by atoms with van der Waals surface area (Å²) in [4.78, 5) is 3.84. The molecule has 1 aliphatic carbocycles. The summed E-state index contributed by atoms with van der Waals surface area (Å²) in [6.07, 6.45) is 2.45. The third-order valence-corrected chi connectivity index (χ3v) is 9.62. The van der Waals surface area contributed by atoms with Crippen molar-refractivity contribution in [3.8, 4) is 0 Å². The third kappa shape index (κ3) is 3.27. The highest BCUT2D eigenvalue weighted by atomic mass is 15.0. The Hall–Kier alpha value is -4.04. The normalized spacial score (nSPS) is 16.5. The van der Waals surface area contributed by atoms with Crippen molar-refractivity contribution in [1.29, 1.82) is 0 Å². The van der Waals surface area contributed by atoms with Crippen LogP contribution in [0.2, 0.25) is 0 Å². The molecule has 0 amide bonds. The summed E-state index contributed by atoms with van der Waals surface area (Å²) in [7, 11) is 0. The van der Waals surface area contributed by atoms with Crippen LogP contribution >= 0.6 is 0 Å². The number of hydrogen-bond acceptors (Lipinski definition) is 0. The van der Waals surface area contributed by atoms with Gasteiger partial charge in [0.2, 0.25) is 0 Å². The molecule has 0 spiro atoms. The summed E-state index contributed by atoms with van der Waals surface area (Å²) in [5, 5.41) is 7.90. The van der Waals surface area contributed by atoms with Crippen LogP contribution in [0.1, 0.15) is 57.2 Å². The minimum absolute atomic E-state index is 0.188. The number of aromatic amines is 1. The van der Waals surface area contributed by atoms with Crippen LogP contribution in [0.3, 0.4) is 0 Å². The van der Waals surface area contributed by atoms with Gasteiger partial charge in [0.25, 0.3) is 0 Å². The van der Waals surface area contributed by atoms with Gasteiger partial charge in [-0.05, 0) is 70.0 Å². The Balaban J connectivity index is 1.48. The zero-order chi connectivity index (χ0) is 26.5. The smallest absolute Gasteiger partial charge is 0.0574 e. The molecule has 0 radical (unpaired) electrons. The minimum Gasteiger partial charge on any atom is -0.354 e. The first-order chi connectivity index (χ1) is 18.8. The standard InChI is InChI=1S/C37H34N2/c1-36(2)16-17-37(3,4)31-21-33-27(18-30(31)36)28-20-34-29(19-32(28)38-33)26-15-14-24-12-8-9-13-25(24)35(26)39(34)22-23-10-6-5-7-11-23/h5-15,18-21,38H,16-17,22H2,1-4H3. The molecule has 192 valence electrons. The summed E-state index contributed by atoms with van der Waals surface area (Å²) in [5.41, 5.74) is 9.84. The Morgan fingerprint density at radius 1 is 0.615 bits per heavy atom. The summed E-state index contributed by atoms with van der Waals surface area (Å²) in [5.74, 6) is 0. The first kappa shape index (κ1) is 22.9. The summed E-state index contributed by atoms with van der Waals surface area (Å²) >= 11 is 0. The van der Waals surface area contributed by atoms with Crippen molar-refractivity contribution in [3.05, 3.63) is 108 Å². The fraction of sp³-hybridized carbons (Fsp3) is 0.243. The average Bonchev–Trinajstić information content (AvgIpc) is 3.44. The highest BCUT2D eigenvalue weighted by molar-refractivity contribution is 6.22. The molecule has 2 aromatic heterocycles. The lowest BCUT2D eigenvalue weighted by Gasteiger charge is -2.41. The Bertz CT molecular complexity index is 2080. The molecule has 0 saturated heterocycles. The van der Waals surface area contributed by atoms with Crippen molar-refractivity contribution in [1.82, 2.24) is 9.55 Å². The van der Waals surface area contributed by atoms with E-state index in [0.717, 1.165) is 6.54 Å². The highest BCUT2D eigenvalue weighted by Crippen LogP contribution is 2.48. The fourth-order valence-electron chi connectivity index (χ4n) is 7.25. The molecule has 0 unspecified atom stereocenters. The molecule has 1 N–H and O–H groups in total. The van der Waals surface area contributed by atoms with Gasteiger partial charge in [0.1, 0.15) is 0 Å². The number of hydrogen-bond donors (Lipinski definition) is 1. The maximum Gasteiger partial charge on any atom is 0.0574 e. The third-order valence-electron chi connectivity index (χ3n) is 9.62. The summed E-state index contributed by atoms with van der Waals surface area (Å²) < 4.78 is 2.55. The molecule has 2 heterocycles. The second-order valence-corrected chi connectivity index (χ2v) is 13.0. The first-order valence-corrected chi connectivity index (χ1v) is 14.3. The molecule has 0 fully saturated rings. The second kappa shape index (κ2) is 7.76. The first-order valence-electron chi connectivity index (χ1n) is 14.3. The van der Waals surface area contributed by atoms with E-state index in [2.05, 4.69) is 128 Å². The van der Waals surface area contributed by atoms with Crippen LogP contribution in [0.5, 0.6) is 0 Å². The minimum atomic E-state index is 0.188. The molecule has 2 heteroatoms. The van der Waals surface area contributed by atoms with Gasteiger partial charge in [0.05, 0.1) is 11.0 Å². The van der Waals surface area contributed by atoms with Crippen molar-refractivity contribution in [2.75, 3.05) is 0 Å². The van der Waals surface area contributed by atoms with Crippen LogP contribution < -0.4 is 0 Å². The molecular formula is C37H34N2. The summed E-state index contributed by atoms with van der Waals surface area (Å²) in [6.45, 7) is 10.5. The SMILES string of the molecule is CC1(C)CCC(C)(C)c2cc3c(cc21)[nH]c1cc2c4ccc5ccccc5c4n(Cc4ccccc4)c2cc13. The maximum absolute atomic E-state index is 3.84. The lowest BCUT2D eigenvalue weighted by Crippen LogP contribution is -2.33. The predicted molar refractivity (Wildman–Crippen MR) is 167 cm³/mol. The van der Waals surface area contributed by atoms with Crippen LogP contribution in [-0.4, -0.2) is 9.55 Å². The summed E-state index contributed by atoms with van der Waals surface area (Å²) in [6, 6.07) is 34.1. The van der Waals surface area contributed by atoms with Crippen molar-refractivity contribution in [3.63, 3.8) is 0 Å². The number of aromatic nitrogens is 2. The molecular weight excluding hydrogens is 472 g/mol. The van der Waals surface area contributed by atoms with E-state index in [1.165, 1.54) is 83.9 Å². The molecule has 39 heavy (non-hydrogen) atoms. The Morgan fingerprint density at radius 2 is 1.28 bits per heavy atom. The Labute approximate surface area is 229 Å². The van der Waals surface area contributed by atoms with Crippen molar-refractivity contribution < 1.29 is 0 Å². The predicted octanol–water partition coefficient (Wildman–Crippen LogP) is 9.98. The molecule has 0 bridgehead atoms. The van der Waals surface area contributed by atoms with E-state index in [0.29, 0.717) is 0 Å². The van der Waals surface area contributed by atoms with Gasteiger partial charge in [0.15, 0.2) is 0 Å². The van der Waals surface area contributed by atoms with E-state index >= 15 is 0 Å². The number of H-pyrrole nitrogens is 1. The molecule has 0 atom stereocenters. The molecule has 2 nitrogen and oxygen atoms in total. The van der Waals surface area contributed by atoms with E-state index in [-0.39, 0.29) is 10.8 Å². The van der Waals surface area contributed by atoms with Crippen LogP contribution in [0.15, 0.2) is 91.0 Å². The van der Waals surface area contributed by atoms with E-state index in [4.69, 9.17) is 0 Å². The zero-order valence-electron chi connectivity index (χ0n) is 23.2. The molecule has 7 aromatic rings. The fourth-order valence-corrected chi connectivity index (χ4v) is 7.25. The lowest BCUT2D eigenvalue weighted by molar-refractivity contribution is 0.332. The number of fused-ring (bicyclic) bond motifs is 9. The van der Waals surface area contributed by atoms with Gasteiger partial charge >= 0.3 is 0 Å². The maximum atomic E-state index is 3.84. The van der Waals surface area contributed by atoms with E-state index < -0.39 is 0 Å². The zero-order valence-corrected chi connectivity index (χ0v) is 23.2. The monoisotopic (exact) mass is 506 g/mol. The van der Waals surface area contributed by atoms with Crippen LogP contribution in [0.25, 0.3) is 54.4 Å². The van der Waals surface area contributed by atoms with Gasteiger partial charge in [-0.2, -0.15) is 0 Å². The number of benzene rings is 5. The van der Waals surface area contributed by atoms with Crippen molar-refractivity contribution in [2.45, 2.75) is 57.9 Å². The van der Waals surface area contributed by atoms with Gasteiger partial charge < -0.3 is 9.55 Å². The molecule has 0 saturated carbocycles. The largest absolute Gasteiger partial charge is 0.354 e. The Morgan fingerprint density at radius 3 is 2.08 bits per heavy atom. The van der Waals surface area contributed by atoms with E-state index in [1.54, 1.807) is 0 Å². The number of nitrogens with one attached hydrogen (secondary N) is 1. The molecule has 5 aromatic carbocycles. The van der Waals surface area contributed by atoms with Gasteiger partial charge in [-0.3, -0.25) is 0 Å². The highest BCUT2D eigenvalue weighted by Gasteiger charge is 2.37. The number of nitrogens with zero attached hydrogens (tertiary/aromatic N) is 1. The quantitative estimate of drug-likeness (QED) is 0.241. The van der Waals surface area contributed by atoms with Gasteiger partial charge in [-0.25, -0.2) is 0 Å². The molecule has 8 rings (SSSR count). The lowest BCUT2D eigenvalue weighted by atomic mass is 9.63. The average molecular weight is 507 g/mol. The topological polar surface area (TPSA) is 20.7 Å². The van der Waals surface area contributed by atoms with E-state index in [9.17, 15) is 0 Å². The van der Waals surface area contributed by atoms with E-state index in [1.807, 2.05) is 0 Å². The van der Waals surface area contributed by atoms with Gasteiger partial charge in [-0.1, -0.05) is 94.4 Å².